The summed E-state index contributed by atoms with van der Waals surface area (Å²) in [6, 6.07) is 0. The summed E-state index contributed by atoms with van der Waals surface area (Å²) in [6.45, 7) is 11.0. The molecule has 1 aromatic rings. The molecule has 5 heteroatoms. The van der Waals surface area contributed by atoms with E-state index in [0.717, 1.165) is 10.6 Å². The van der Waals surface area contributed by atoms with E-state index in [1.807, 2.05) is 27.7 Å². The third kappa shape index (κ3) is 3.66. The van der Waals surface area contributed by atoms with Crippen molar-refractivity contribution in [1.82, 2.24) is 4.98 Å². The van der Waals surface area contributed by atoms with Gasteiger partial charge in [-0.3, -0.25) is 5.32 Å². The average Bonchev–Trinajstić information content (AvgIpc) is 2.42. The summed E-state index contributed by atoms with van der Waals surface area (Å²) in [5, 5.41) is 3.12. The highest BCUT2D eigenvalue weighted by molar-refractivity contribution is 7.16. The quantitative estimate of drug-likeness (QED) is 0.861. The second-order valence-corrected chi connectivity index (χ2v) is 5.33. The van der Waals surface area contributed by atoms with Crippen molar-refractivity contribution in [3.8, 4) is 0 Å². The lowest BCUT2D eigenvalue weighted by atomic mass is 10.2. The zero-order valence-electron chi connectivity index (χ0n) is 9.96. The molecule has 0 aliphatic carbocycles. The van der Waals surface area contributed by atoms with Crippen LogP contribution in [-0.2, 0) is 4.74 Å². The van der Waals surface area contributed by atoms with Crippen LogP contribution >= 0.6 is 11.3 Å². The van der Waals surface area contributed by atoms with E-state index in [4.69, 9.17) is 4.74 Å². The van der Waals surface area contributed by atoms with Gasteiger partial charge in [0.25, 0.3) is 0 Å². The van der Waals surface area contributed by atoms with Gasteiger partial charge in [0.1, 0.15) is 5.60 Å². The maximum atomic E-state index is 11.4. The van der Waals surface area contributed by atoms with Crippen molar-refractivity contribution in [2.45, 2.75) is 33.3 Å². The fourth-order valence-electron chi connectivity index (χ4n) is 1.04. The van der Waals surface area contributed by atoms with Crippen molar-refractivity contribution in [3.05, 3.63) is 17.2 Å². The lowest BCUT2D eigenvalue weighted by molar-refractivity contribution is 0.0636. The molecule has 0 aliphatic heterocycles. The SMILES string of the molecule is C=Cc1sc(NC(=O)OC(C)(C)C)nc1C. The van der Waals surface area contributed by atoms with Gasteiger partial charge in [0.05, 0.1) is 10.6 Å². The summed E-state index contributed by atoms with van der Waals surface area (Å²) in [7, 11) is 0. The Hall–Kier alpha value is -1.36. The van der Waals surface area contributed by atoms with E-state index in [1.165, 1.54) is 11.3 Å². The molecule has 0 aliphatic rings. The smallest absolute Gasteiger partial charge is 0.413 e. The Morgan fingerprint density at radius 3 is 2.62 bits per heavy atom. The second kappa shape index (κ2) is 4.65. The van der Waals surface area contributed by atoms with Gasteiger partial charge in [-0.1, -0.05) is 24.0 Å². The summed E-state index contributed by atoms with van der Waals surface area (Å²) in [6.07, 6.45) is 1.23. The van der Waals surface area contributed by atoms with Crippen LogP contribution in [0.4, 0.5) is 9.93 Å². The van der Waals surface area contributed by atoms with E-state index in [1.54, 1.807) is 6.08 Å². The highest BCUT2D eigenvalue weighted by Crippen LogP contribution is 2.23. The molecule has 0 unspecified atom stereocenters. The Bertz CT molecular complexity index is 405. The van der Waals surface area contributed by atoms with Crippen LogP contribution in [0.5, 0.6) is 0 Å². The van der Waals surface area contributed by atoms with Crippen LogP contribution in [0.2, 0.25) is 0 Å². The number of rotatable bonds is 2. The van der Waals surface area contributed by atoms with E-state index in [2.05, 4.69) is 16.9 Å². The first-order valence-electron chi connectivity index (χ1n) is 4.91. The first-order valence-corrected chi connectivity index (χ1v) is 5.73. The van der Waals surface area contributed by atoms with Crippen molar-refractivity contribution < 1.29 is 9.53 Å². The van der Waals surface area contributed by atoms with E-state index >= 15 is 0 Å². The summed E-state index contributed by atoms with van der Waals surface area (Å²) in [5.74, 6) is 0. The van der Waals surface area contributed by atoms with Crippen LogP contribution in [0.15, 0.2) is 6.58 Å². The fraction of sp³-hybridized carbons (Fsp3) is 0.455. The predicted octanol–water partition coefficient (Wildman–Crippen LogP) is 3.44. The number of ether oxygens (including phenoxy) is 1. The zero-order valence-corrected chi connectivity index (χ0v) is 10.8. The number of thiazole rings is 1. The Morgan fingerprint density at radius 1 is 1.56 bits per heavy atom. The molecular weight excluding hydrogens is 224 g/mol. The highest BCUT2D eigenvalue weighted by atomic mass is 32.1. The van der Waals surface area contributed by atoms with Crippen molar-refractivity contribution in [1.29, 1.82) is 0 Å². The molecule has 0 radical (unpaired) electrons. The Labute approximate surface area is 99.3 Å². The van der Waals surface area contributed by atoms with E-state index < -0.39 is 11.7 Å². The van der Waals surface area contributed by atoms with Gasteiger partial charge in [-0.25, -0.2) is 9.78 Å². The van der Waals surface area contributed by atoms with E-state index in [-0.39, 0.29) is 0 Å². The molecule has 1 N–H and O–H groups in total. The molecule has 0 atom stereocenters. The van der Waals surface area contributed by atoms with Crippen LogP contribution in [0.1, 0.15) is 31.3 Å². The molecule has 1 heterocycles. The molecule has 0 aromatic carbocycles. The highest BCUT2D eigenvalue weighted by Gasteiger charge is 2.17. The molecule has 0 saturated heterocycles. The zero-order chi connectivity index (χ0) is 12.3. The van der Waals surface area contributed by atoms with Gasteiger partial charge in [0.2, 0.25) is 0 Å². The van der Waals surface area contributed by atoms with Crippen LogP contribution in [0.25, 0.3) is 6.08 Å². The molecular formula is C11H16N2O2S. The lowest BCUT2D eigenvalue weighted by Crippen LogP contribution is -2.27. The predicted molar refractivity (Wildman–Crippen MR) is 66.8 cm³/mol. The summed E-state index contributed by atoms with van der Waals surface area (Å²) < 4.78 is 5.12. The molecule has 0 fully saturated rings. The van der Waals surface area contributed by atoms with Crippen LogP contribution < -0.4 is 5.32 Å². The number of carbonyl (C=O) groups is 1. The molecule has 0 saturated carbocycles. The van der Waals surface area contributed by atoms with Gasteiger partial charge in [0, 0.05) is 0 Å². The van der Waals surface area contributed by atoms with Crippen molar-refractivity contribution in [2.75, 3.05) is 5.32 Å². The van der Waals surface area contributed by atoms with Gasteiger partial charge in [-0.15, -0.1) is 0 Å². The first kappa shape index (κ1) is 12.7. The summed E-state index contributed by atoms with van der Waals surface area (Å²) in [5.41, 5.74) is 0.351. The maximum Gasteiger partial charge on any atom is 0.413 e. The molecule has 88 valence electrons. The summed E-state index contributed by atoms with van der Waals surface area (Å²) in [4.78, 5) is 16.6. The van der Waals surface area contributed by atoms with Crippen LogP contribution in [0, 0.1) is 6.92 Å². The van der Waals surface area contributed by atoms with E-state index in [0.29, 0.717) is 5.13 Å². The van der Waals surface area contributed by atoms with Gasteiger partial charge < -0.3 is 4.74 Å². The number of carbonyl (C=O) groups excluding carboxylic acids is 1. The maximum absolute atomic E-state index is 11.4. The molecule has 1 aromatic heterocycles. The number of nitrogens with one attached hydrogen (secondary N) is 1. The topological polar surface area (TPSA) is 51.2 Å². The number of hydrogen-bond acceptors (Lipinski definition) is 4. The molecule has 0 spiro atoms. The Balaban J connectivity index is 2.66. The largest absolute Gasteiger partial charge is 0.444 e. The van der Waals surface area contributed by atoms with Crippen LogP contribution in [0.3, 0.4) is 0 Å². The standard InChI is InChI=1S/C11H16N2O2S/c1-6-8-7(2)12-9(16-8)13-10(14)15-11(3,4)5/h6H,1H2,2-5H3,(H,12,13,14). The number of amides is 1. The normalized spacial score (nSPS) is 11.0. The number of nitrogens with zero attached hydrogens (tertiary/aromatic N) is 1. The lowest BCUT2D eigenvalue weighted by Gasteiger charge is -2.18. The number of aromatic nitrogens is 1. The third-order valence-electron chi connectivity index (χ3n) is 1.63. The number of anilines is 1. The van der Waals surface area contributed by atoms with Gasteiger partial charge in [-0.05, 0) is 27.7 Å². The van der Waals surface area contributed by atoms with Crippen molar-refractivity contribution >= 4 is 28.6 Å². The Morgan fingerprint density at radius 2 is 2.19 bits per heavy atom. The number of hydrogen-bond donors (Lipinski definition) is 1. The van der Waals surface area contributed by atoms with Gasteiger partial charge >= 0.3 is 6.09 Å². The number of aryl methyl sites for hydroxylation is 1. The van der Waals surface area contributed by atoms with Gasteiger partial charge in [0.15, 0.2) is 5.13 Å². The fourth-order valence-corrected chi connectivity index (χ4v) is 1.84. The second-order valence-electron chi connectivity index (χ2n) is 4.30. The average molecular weight is 240 g/mol. The minimum Gasteiger partial charge on any atom is -0.444 e. The Kier molecular flexibility index (Phi) is 3.70. The van der Waals surface area contributed by atoms with Crippen LogP contribution in [-0.4, -0.2) is 16.7 Å². The monoisotopic (exact) mass is 240 g/mol. The minimum atomic E-state index is -0.502. The first-order chi connectivity index (χ1) is 7.31. The van der Waals surface area contributed by atoms with E-state index in [9.17, 15) is 4.79 Å². The third-order valence-corrected chi connectivity index (χ3v) is 2.69. The molecule has 1 rings (SSSR count). The van der Waals surface area contributed by atoms with Gasteiger partial charge in [-0.2, -0.15) is 0 Å². The molecule has 16 heavy (non-hydrogen) atoms. The molecule has 4 nitrogen and oxygen atoms in total. The molecule has 0 bridgehead atoms. The molecule has 1 amide bonds. The van der Waals surface area contributed by atoms with Crippen molar-refractivity contribution in [3.63, 3.8) is 0 Å². The van der Waals surface area contributed by atoms with Crippen molar-refractivity contribution in [2.24, 2.45) is 0 Å². The minimum absolute atomic E-state index is 0.489. The summed E-state index contributed by atoms with van der Waals surface area (Å²) >= 11 is 1.37.